The summed E-state index contributed by atoms with van der Waals surface area (Å²) in [4.78, 5) is 15.2. The number of hydrogen-bond donors (Lipinski definition) is 1. The third-order valence-corrected chi connectivity index (χ3v) is 2.99. The van der Waals surface area contributed by atoms with Gasteiger partial charge in [0.2, 0.25) is 0 Å². The zero-order valence-electron chi connectivity index (χ0n) is 9.88. The molecule has 19 heavy (non-hydrogen) atoms. The van der Waals surface area contributed by atoms with Crippen molar-refractivity contribution in [2.24, 2.45) is 0 Å². The van der Waals surface area contributed by atoms with Crippen LogP contribution in [0.15, 0.2) is 42.6 Å². The maximum Gasteiger partial charge on any atom is 0.311 e. The molecule has 0 amide bonds. The zero-order valence-corrected chi connectivity index (χ0v) is 10.6. The molecule has 0 aliphatic heterocycles. The second-order valence-electron chi connectivity index (χ2n) is 4.14. The topological polar surface area (TPSA) is 50.2 Å². The fourth-order valence-corrected chi connectivity index (χ4v) is 2.07. The highest BCUT2D eigenvalue weighted by molar-refractivity contribution is 6.29. The fourth-order valence-electron chi connectivity index (χ4n) is 1.88. The van der Waals surface area contributed by atoms with Crippen molar-refractivity contribution in [3.05, 3.63) is 64.7 Å². The Morgan fingerprint density at radius 1 is 1.37 bits per heavy atom. The Balaban J connectivity index is 2.29. The summed E-state index contributed by atoms with van der Waals surface area (Å²) >= 11 is 5.76. The van der Waals surface area contributed by atoms with Crippen molar-refractivity contribution in [3.8, 4) is 0 Å². The molecule has 1 aromatic carbocycles. The number of halogens is 2. The number of carboxylic acids is 1. The molecule has 98 valence electrons. The number of aromatic nitrogens is 1. The molecule has 0 saturated carbocycles. The first kappa shape index (κ1) is 13.5. The summed E-state index contributed by atoms with van der Waals surface area (Å²) in [6, 6.07) is 8.93. The number of benzene rings is 1. The summed E-state index contributed by atoms with van der Waals surface area (Å²) in [6.07, 6.45) is 1.75. The Morgan fingerprint density at radius 3 is 2.79 bits per heavy atom. The molecule has 1 heterocycles. The molecule has 1 atom stereocenters. The minimum Gasteiger partial charge on any atom is -0.481 e. The van der Waals surface area contributed by atoms with E-state index < -0.39 is 17.7 Å². The molecule has 0 radical (unpaired) electrons. The van der Waals surface area contributed by atoms with Crippen LogP contribution in [0.3, 0.4) is 0 Å². The van der Waals surface area contributed by atoms with Crippen LogP contribution in [-0.4, -0.2) is 16.1 Å². The molecule has 3 nitrogen and oxygen atoms in total. The summed E-state index contributed by atoms with van der Waals surface area (Å²) in [5.74, 6) is -2.26. The van der Waals surface area contributed by atoms with Crippen LogP contribution in [0.1, 0.15) is 17.0 Å². The molecule has 0 aliphatic rings. The number of aliphatic carboxylic acids is 1. The molecule has 0 bridgehead atoms. The monoisotopic (exact) mass is 279 g/mol. The quantitative estimate of drug-likeness (QED) is 0.874. The van der Waals surface area contributed by atoms with E-state index in [-0.39, 0.29) is 6.42 Å². The molecule has 5 heteroatoms. The van der Waals surface area contributed by atoms with Crippen LogP contribution in [0.4, 0.5) is 4.39 Å². The van der Waals surface area contributed by atoms with Crippen LogP contribution in [0.25, 0.3) is 0 Å². The van der Waals surface area contributed by atoms with Crippen molar-refractivity contribution in [3.63, 3.8) is 0 Å². The van der Waals surface area contributed by atoms with E-state index in [1.54, 1.807) is 18.2 Å². The Labute approximate surface area is 114 Å². The van der Waals surface area contributed by atoms with Crippen molar-refractivity contribution in [1.29, 1.82) is 0 Å². The third kappa shape index (κ3) is 3.51. The van der Waals surface area contributed by atoms with Gasteiger partial charge < -0.3 is 5.11 Å². The van der Waals surface area contributed by atoms with E-state index in [0.717, 1.165) is 5.56 Å². The van der Waals surface area contributed by atoms with Gasteiger partial charge in [0, 0.05) is 6.20 Å². The van der Waals surface area contributed by atoms with Gasteiger partial charge in [0.25, 0.3) is 0 Å². The van der Waals surface area contributed by atoms with Gasteiger partial charge >= 0.3 is 5.97 Å². The fraction of sp³-hybridized carbons (Fsp3) is 0.143. The second kappa shape index (κ2) is 5.80. The van der Waals surface area contributed by atoms with Gasteiger partial charge in [-0.25, -0.2) is 9.37 Å². The SMILES string of the molecule is O=C(O)C(Cc1ccnc(Cl)c1)c1cccc(F)c1. The second-order valence-corrected chi connectivity index (χ2v) is 4.52. The van der Waals surface area contributed by atoms with Crippen molar-refractivity contribution in [2.75, 3.05) is 0 Å². The average molecular weight is 280 g/mol. The molecule has 0 spiro atoms. The first-order chi connectivity index (χ1) is 9.06. The minimum absolute atomic E-state index is 0.237. The normalized spacial score (nSPS) is 12.1. The molecule has 2 rings (SSSR count). The Bertz CT molecular complexity index is 604. The number of hydrogen-bond acceptors (Lipinski definition) is 2. The van der Waals surface area contributed by atoms with E-state index in [1.165, 1.54) is 24.4 Å². The number of nitrogens with zero attached hydrogens (tertiary/aromatic N) is 1. The van der Waals surface area contributed by atoms with Crippen LogP contribution in [0.2, 0.25) is 5.15 Å². The minimum atomic E-state index is -1.00. The lowest BCUT2D eigenvalue weighted by Gasteiger charge is -2.13. The van der Waals surface area contributed by atoms with Crippen LogP contribution in [0.5, 0.6) is 0 Å². The zero-order chi connectivity index (χ0) is 13.8. The van der Waals surface area contributed by atoms with Gasteiger partial charge in [-0.05, 0) is 41.8 Å². The highest BCUT2D eigenvalue weighted by Gasteiger charge is 2.20. The molecule has 1 N–H and O–H groups in total. The molecule has 0 fully saturated rings. The lowest BCUT2D eigenvalue weighted by molar-refractivity contribution is -0.138. The predicted molar refractivity (Wildman–Crippen MR) is 69.7 cm³/mol. The smallest absolute Gasteiger partial charge is 0.311 e. The summed E-state index contributed by atoms with van der Waals surface area (Å²) in [6.45, 7) is 0. The van der Waals surface area contributed by atoms with Crippen molar-refractivity contribution in [2.45, 2.75) is 12.3 Å². The van der Waals surface area contributed by atoms with Crippen LogP contribution >= 0.6 is 11.6 Å². The first-order valence-electron chi connectivity index (χ1n) is 5.65. The van der Waals surface area contributed by atoms with Gasteiger partial charge in [-0.2, -0.15) is 0 Å². The van der Waals surface area contributed by atoms with E-state index in [4.69, 9.17) is 11.6 Å². The highest BCUT2D eigenvalue weighted by atomic mass is 35.5. The van der Waals surface area contributed by atoms with Gasteiger partial charge in [0.1, 0.15) is 11.0 Å². The summed E-state index contributed by atoms with van der Waals surface area (Å²) in [7, 11) is 0. The van der Waals surface area contributed by atoms with Gasteiger partial charge in [-0.15, -0.1) is 0 Å². The lowest BCUT2D eigenvalue weighted by Crippen LogP contribution is -2.14. The molecular formula is C14H11ClFNO2. The lowest BCUT2D eigenvalue weighted by atomic mass is 9.92. The molecular weight excluding hydrogens is 269 g/mol. The van der Waals surface area contributed by atoms with Crippen molar-refractivity contribution < 1.29 is 14.3 Å². The average Bonchev–Trinajstić information content (AvgIpc) is 2.35. The van der Waals surface area contributed by atoms with Gasteiger partial charge in [-0.1, -0.05) is 23.7 Å². The number of pyridine rings is 1. The van der Waals surface area contributed by atoms with E-state index in [9.17, 15) is 14.3 Å². The standard InChI is InChI=1S/C14H11ClFNO2/c15-13-7-9(4-5-17-13)6-12(14(18)19)10-2-1-3-11(16)8-10/h1-5,7-8,12H,6H2,(H,18,19). The number of rotatable bonds is 4. The molecule has 0 saturated heterocycles. The predicted octanol–water partition coefficient (Wildman–Crippen LogP) is 3.29. The summed E-state index contributed by atoms with van der Waals surface area (Å²) in [5.41, 5.74) is 1.18. The van der Waals surface area contributed by atoms with Crippen molar-refractivity contribution >= 4 is 17.6 Å². The summed E-state index contributed by atoms with van der Waals surface area (Å²) < 4.78 is 13.2. The van der Waals surface area contributed by atoms with Crippen LogP contribution in [0, 0.1) is 5.82 Å². The number of carbonyl (C=O) groups is 1. The maximum absolute atomic E-state index is 13.2. The van der Waals surface area contributed by atoms with Crippen LogP contribution in [-0.2, 0) is 11.2 Å². The first-order valence-corrected chi connectivity index (χ1v) is 6.03. The maximum atomic E-state index is 13.2. The molecule has 0 aliphatic carbocycles. The van der Waals surface area contributed by atoms with E-state index in [1.807, 2.05) is 0 Å². The Morgan fingerprint density at radius 2 is 2.16 bits per heavy atom. The molecule has 2 aromatic rings. The summed E-state index contributed by atoms with van der Waals surface area (Å²) in [5, 5.41) is 9.58. The van der Waals surface area contributed by atoms with Gasteiger partial charge in [0.15, 0.2) is 0 Å². The Kier molecular flexibility index (Phi) is 4.12. The van der Waals surface area contributed by atoms with E-state index >= 15 is 0 Å². The van der Waals surface area contributed by atoms with Gasteiger partial charge in [-0.3, -0.25) is 4.79 Å². The largest absolute Gasteiger partial charge is 0.481 e. The highest BCUT2D eigenvalue weighted by Crippen LogP contribution is 2.23. The number of carboxylic acid groups (broad SMARTS) is 1. The van der Waals surface area contributed by atoms with Crippen LogP contribution < -0.4 is 0 Å². The van der Waals surface area contributed by atoms with Gasteiger partial charge in [0.05, 0.1) is 5.92 Å². The van der Waals surface area contributed by atoms with E-state index in [0.29, 0.717) is 10.7 Å². The molecule has 1 aromatic heterocycles. The molecule has 1 unspecified atom stereocenters. The third-order valence-electron chi connectivity index (χ3n) is 2.78. The van der Waals surface area contributed by atoms with Crippen molar-refractivity contribution in [1.82, 2.24) is 4.98 Å². The van der Waals surface area contributed by atoms with E-state index in [2.05, 4.69) is 4.98 Å². The Hall–Kier alpha value is -1.94.